The Bertz CT molecular complexity index is 1200. The number of benzene rings is 3. The number of fused-ring (bicyclic) bond motifs is 1. The van der Waals surface area contributed by atoms with Crippen LogP contribution in [0.4, 0.5) is 25.0 Å². The van der Waals surface area contributed by atoms with Crippen molar-refractivity contribution >= 4 is 28.4 Å². The number of aromatic nitrogens is 2. The predicted octanol–water partition coefficient (Wildman–Crippen LogP) is 5.34. The third kappa shape index (κ3) is 4.44. The van der Waals surface area contributed by atoms with Crippen molar-refractivity contribution in [3.63, 3.8) is 0 Å². The first-order valence-electron chi connectivity index (χ1n) is 8.58. The molecule has 2 amide bonds. The number of anilines is 2. The largest absolute Gasteiger partial charge is 0.454 e. The molecule has 0 aliphatic carbocycles. The summed E-state index contributed by atoms with van der Waals surface area (Å²) in [5.41, 5.74) is 1.88. The summed E-state index contributed by atoms with van der Waals surface area (Å²) in [4.78, 5) is 20.4. The highest BCUT2D eigenvalue weighted by atomic mass is 19.1. The van der Waals surface area contributed by atoms with E-state index in [4.69, 9.17) is 4.74 Å². The van der Waals surface area contributed by atoms with Crippen LogP contribution in [0.25, 0.3) is 11.0 Å². The van der Waals surface area contributed by atoms with E-state index in [0.29, 0.717) is 28.2 Å². The number of halogens is 2. The van der Waals surface area contributed by atoms with E-state index >= 15 is 0 Å². The zero-order chi connectivity index (χ0) is 20.2. The Morgan fingerprint density at radius 3 is 2.38 bits per heavy atom. The molecule has 0 aliphatic rings. The quantitative estimate of drug-likeness (QED) is 0.491. The molecule has 0 bridgehead atoms. The maximum absolute atomic E-state index is 14.2. The van der Waals surface area contributed by atoms with Crippen molar-refractivity contribution in [2.24, 2.45) is 0 Å². The fourth-order valence-corrected chi connectivity index (χ4v) is 2.65. The molecule has 2 N–H and O–H groups in total. The average Bonchev–Trinajstić information content (AvgIpc) is 2.70. The lowest BCUT2D eigenvalue weighted by Crippen LogP contribution is -2.19. The smallest absolute Gasteiger partial charge is 0.323 e. The van der Waals surface area contributed by atoms with Gasteiger partial charge in [0.15, 0.2) is 11.6 Å². The summed E-state index contributed by atoms with van der Waals surface area (Å²) in [6, 6.07) is 13.8. The van der Waals surface area contributed by atoms with E-state index in [1.807, 2.05) is 0 Å². The molecule has 6 nitrogen and oxygen atoms in total. The van der Waals surface area contributed by atoms with Gasteiger partial charge in [0.1, 0.15) is 11.6 Å². The number of nitrogens with zero attached hydrogens (tertiary/aromatic N) is 2. The molecule has 4 rings (SSSR count). The summed E-state index contributed by atoms with van der Waals surface area (Å²) in [5, 5.41) is 5.05. The van der Waals surface area contributed by atoms with E-state index in [-0.39, 0.29) is 5.75 Å². The number of ether oxygens (including phenoxy) is 1. The van der Waals surface area contributed by atoms with Gasteiger partial charge in [-0.25, -0.2) is 13.6 Å². The van der Waals surface area contributed by atoms with Crippen LogP contribution in [0.5, 0.6) is 11.5 Å². The van der Waals surface area contributed by atoms with E-state index in [1.165, 1.54) is 36.4 Å². The summed E-state index contributed by atoms with van der Waals surface area (Å²) >= 11 is 0. The van der Waals surface area contributed by atoms with Crippen molar-refractivity contribution < 1.29 is 18.3 Å². The zero-order valence-electron chi connectivity index (χ0n) is 14.9. The first-order valence-corrected chi connectivity index (χ1v) is 8.58. The van der Waals surface area contributed by atoms with Crippen molar-refractivity contribution in [3.05, 3.63) is 84.7 Å². The second-order valence-corrected chi connectivity index (χ2v) is 6.04. The van der Waals surface area contributed by atoms with Crippen LogP contribution in [-0.2, 0) is 0 Å². The fourth-order valence-electron chi connectivity index (χ4n) is 2.65. The van der Waals surface area contributed by atoms with Crippen LogP contribution in [0.1, 0.15) is 0 Å². The molecule has 29 heavy (non-hydrogen) atoms. The van der Waals surface area contributed by atoms with Crippen LogP contribution >= 0.6 is 0 Å². The van der Waals surface area contributed by atoms with Gasteiger partial charge in [0, 0.05) is 35.9 Å². The highest BCUT2D eigenvalue weighted by Gasteiger charge is 2.10. The number of nitrogens with one attached hydrogen (secondary N) is 2. The minimum atomic E-state index is -0.603. The maximum Gasteiger partial charge on any atom is 0.323 e. The maximum atomic E-state index is 14.2. The first-order chi connectivity index (χ1) is 14.1. The molecule has 1 aromatic heterocycles. The van der Waals surface area contributed by atoms with Crippen LogP contribution in [0.15, 0.2) is 73.1 Å². The van der Waals surface area contributed by atoms with Gasteiger partial charge in [-0.2, -0.15) is 0 Å². The van der Waals surface area contributed by atoms with Crippen molar-refractivity contribution in [3.8, 4) is 11.5 Å². The van der Waals surface area contributed by atoms with Crippen molar-refractivity contribution in [2.45, 2.75) is 0 Å². The van der Waals surface area contributed by atoms with Crippen molar-refractivity contribution in [1.82, 2.24) is 9.97 Å². The van der Waals surface area contributed by atoms with E-state index in [1.54, 1.807) is 36.7 Å². The van der Waals surface area contributed by atoms with Gasteiger partial charge in [0.25, 0.3) is 0 Å². The summed E-state index contributed by atoms with van der Waals surface area (Å²) in [6.45, 7) is 0. The Morgan fingerprint density at radius 1 is 0.828 bits per heavy atom. The molecule has 144 valence electrons. The van der Waals surface area contributed by atoms with E-state index < -0.39 is 17.7 Å². The van der Waals surface area contributed by atoms with Gasteiger partial charge >= 0.3 is 6.03 Å². The van der Waals surface area contributed by atoms with Gasteiger partial charge in [0.05, 0.1) is 11.0 Å². The predicted molar refractivity (Wildman–Crippen MR) is 105 cm³/mol. The second-order valence-electron chi connectivity index (χ2n) is 6.04. The zero-order valence-corrected chi connectivity index (χ0v) is 14.9. The number of carbonyl (C=O) groups is 1. The molecule has 0 spiro atoms. The Balaban J connectivity index is 1.50. The van der Waals surface area contributed by atoms with Gasteiger partial charge in [-0.05, 0) is 42.5 Å². The summed E-state index contributed by atoms with van der Waals surface area (Å²) in [6.07, 6.45) is 3.13. The number of hydrogen-bond acceptors (Lipinski definition) is 4. The number of carbonyl (C=O) groups excluding carboxylic acids is 1. The minimum Gasteiger partial charge on any atom is -0.454 e. The second kappa shape index (κ2) is 7.89. The highest BCUT2D eigenvalue weighted by Crippen LogP contribution is 2.29. The SMILES string of the molecule is O=C(Nc1cccc(F)c1)Nc1ccc(F)c(Oc2ccc3nccnc3c2)c1. The lowest BCUT2D eigenvalue weighted by molar-refractivity contribution is 0.262. The summed E-state index contributed by atoms with van der Waals surface area (Å²) in [7, 11) is 0. The van der Waals surface area contributed by atoms with Crippen molar-refractivity contribution in [2.75, 3.05) is 10.6 Å². The van der Waals surface area contributed by atoms with Gasteiger partial charge in [-0.15, -0.1) is 0 Å². The molecule has 0 saturated carbocycles. The Morgan fingerprint density at radius 2 is 1.59 bits per heavy atom. The third-order valence-electron chi connectivity index (χ3n) is 3.94. The van der Waals surface area contributed by atoms with Crippen LogP contribution < -0.4 is 15.4 Å². The van der Waals surface area contributed by atoms with E-state index in [9.17, 15) is 13.6 Å². The van der Waals surface area contributed by atoms with E-state index in [2.05, 4.69) is 20.6 Å². The van der Waals surface area contributed by atoms with E-state index in [0.717, 1.165) is 0 Å². The average molecular weight is 392 g/mol. The Kier molecular flexibility index (Phi) is 4.98. The monoisotopic (exact) mass is 392 g/mol. The molecule has 0 saturated heterocycles. The van der Waals surface area contributed by atoms with Crippen LogP contribution in [0.2, 0.25) is 0 Å². The third-order valence-corrected chi connectivity index (χ3v) is 3.94. The molecular formula is C21H14F2N4O2. The van der Waals surface area contributed by atoms with Crippen LogP contribution in [0, 0.1) is 11.6 Å². The molecule has 0 unspecified atom stereocenters. The highest BCUT2D eigenvalue weighted by molar-refractivity contribution is 5.99. The number of urea groups is 1. The molecule has 3 aromatic carbocycles. The summed E-state index contributed by atoms with van der Waals surface area (Å²) in [5.74, 6) is -0.768. The van der Waals surface area contributed by atoms with Crippen LogP contribution in [0.3, 0.4) is 0 Å². The normalized spacial score (nSPS) is 10.6. The fraction of sp³-hybridized carbons (Fsp3) is 0. The van der Waals surface area contributed by atoms with Gasteiger partial charge in [-0.1, -0.05) is 6.07 Å². The van der Waals surface area contributed by atoms with Gasteiger partial charge in [0.2, 0.25) is 0 Å². The topological polar surface area (TPSA) is 76.1 Å². The molecule has 0 radical (unpaired) electrons. The molecule has 0 fully saturated rings. The molecule has 8 heteroatoms. The summed E-state index contributed by atoms with van der Waals surface area (Å²) < 4.78 is 33.0. The lowest BCUT2D eigenvalue weighted by atomic mass is 10.2. The molecule has 1 heterocycles. The Hall–Kier alpha value is -4.07. The number of rotatable bonds is 4. The van der Waals surface area contributed by atoms with Crippen molar-refractivity contribution in [1.29, 1.82) is 0 Å². The van der Waals surface area contributed by atoms with Gasteiger partial charge < -0.3 is 15.4 Å². The molecule has 0 aliphatic heterocycles. The minimum absolute atomic E-state index is 0.0724. The lowest BCUT2D eigenvalue weighted by Gasteiger charge is -2.11. The Labute approximate surface area is 164 Å². The number of amides is 2. The molecule has 4 aromatic rings. The van der Waals surface area contributed by atoms with Crippen LogP contribution in [-0.4, -0.2) is 16.0 Å². The first kappa shape index (κ1) is 18.3. The van der Waals surface area contributed by atoms with Gasteiger partial charge in [-0.3, -0.25) is 9.97 Å². The standard InChI is InChI=1S/C21H14F2N4O2/c22-13-2-1-3-14(10-13)26-21(28)27-15-4-6-17(23)20(11-15)29-16-5-7-18-19(12-16)25-9-8-24-18/h1-12H,(H2,26,27,28). The molecule has 0 atom stereocenters. The number of hydrogen-bond donors (Lipinski definition) is 2. The molecular weight excluding hydrogens is 378 g/mol.